The van der Waals surface area contributed by atoms with Gasteiger partial charge < -0.3 is 19.7 Å². The van der Waals surface area contributed by atoms with Crippen molar-refractivity contribution in [2.24, 2.45) is 0 Å². The number of fused-ring (bicyclic) bond motifs is 1. The molecule has 8 heteroatoms. The highest BCUT2D eigenvalue weighted by atomic mass is 16.6. The second kappa shape index (κ2) is 9.18. The molecular weight excluding hydrogens is 398 g/mol. The van der Waals surface area contributed by atoms with Gasteiger partial charge >= 0.3 is 0 Å². The number of Topliss-reactive ketones (excluding diaryl/α,β-unsaturated/α-hetero) is 1. The van der Waals surface area contributed by atoms with Crippen LogP contribution in [0.4, 0.5) is 5.69 Å². The minimum atomic E-state index is -0.650. The van der Waals surface area contributed by atoms with Crippen molar-refractivity contribution in [1.29, 1.82) is 0 Å². The molecule has 2 heterocycles. The average Bonchev–Trinajstić information content (AvgIpc) is 2.79. The number of nitrogens with zero attached hydrogens (tertiary/aromatic N) is 2. The van der Waals surface area contributed by atoms with Gasteiger partial charge in [-0.2, -0.15) is 0 Å². The molecule has 0 aromatic heterocycles. The molecule has 2 aliphatic rings. The van der Waals surface area contributed by atoms with Crippen molar-refractivity contribution in [2.45, 2.75) is 13.0 Å². The lowest BCUT2D eigenvalue weighted by Gasteiger charge is -2.36. The maximum absolute atomic E-state index is 12.8. The van der Waals surface area contributed by atoms with E-state index in [-0.39, 0.29) is 30.7 Å². The van der Waals surface area contributed by atoms with E-state index in [1.54, 1.807) is 35.2 Å². The Morgan fingerprint density at radius 3 is 2.32 bits per heavy atom. The summed E-state index contributed by atoms with van der Waals surface area (Å²) in [5.41, 5.74) is 1.26. The molecule has 1 atom stereocenters. The highest BCUT2D eigenvalue weighted by Crippen LogP contribution is 2.31. The van der Waals surface area contributed by atoms with Crippen LogP contribution in [0.2, 0.25) is 0 Å². The largest absolute Gasteiger partial charge is 0.485 e. The van der Waals surface area contributed by atoms with Gasteiger partial charge in [-0.15, -0.1) is 0 Å². The molecule has 0 spiro atoms. The zero-order chi connectivity index (χ0) is 21.8. The number of para-hydroxylation sites is 2. The van der Waals surface area contributed by atoms with Crippen molar-refractivity contribution in [3.05, 3.63) is 54.1 Å². The van der Waals surface area contributed by atoms with Gasteiger partial charge in [-0.1, -0.05) is 12.1 Å². The molecule has 0 unspecified atom stereocenters. The van der Waals surface area contributed by atoms with E-state index in [2.05, 4.69) is 5.32 Å². The molecule has 2 aliphatic heterocycles. The number of carbonyl (C=O) groups excluding carboxylic acids is 3. The molecule has 0 bridgehead atoms. The summed E-state index contributed by atoms with van der Waals surface area (Å²) in [5.74, 6) is 0.997. The zero-order valence-corrected chi connectivity index (χ0v) is 17.4. The fraction of sp³-hybridized carbons (Fsp3) is 0.348. The Labute approximate surface area is 180 Å². The molecule has 0 aliphatic carbocycles. The van der Waals surface area contributed by atoms with Gasteiger partial charge in [0.1, 0.15) is 6.61 Å². The number of benzene rings is 2. The number of rotatable bonds is 5. The van der Waals surface area contributed by atoms with Gasteiger partial charge in [0.15, 0.2) is 17.3 Å². The molecule has 1 saturated heterocycles. The van der Waals surface area contributed by atoms with Crippen molar-refractivity contribution < 1.29 is 23.9 Å². The standard InChI is InChI=1S/C23H25N3O5/c1-16(27)17-6-8-18(9-7-17)24-22(28)14-25-10-12-26(13-11-25)23(29)21-15-30-19-4-2-3-5-20(19)31-21/h2-9,21H,10-15H2,1H3,(H,24,28)/t21-/m0/s1. The van der Waals surface area contributed by atoms with E-state index in [4.69, 9.17) is 9.47 Å². The van der Waals surface area contributed by atoms with Crippen molar-refractivity contribution in [3.8, 4) is 11.5 Å². The molecule has 4 rings (SSSR count). The van der Waals surface area contributed by atoms with Crippen LogP contribution in [0.3, 0.4) is 0 Å². The van der Waals surface area contributed by atoms with E-state index in [1.807, 2.05) is 23.1 Å². The lowest BCUT2D eigenvalue weighted by Crippen LogP contribution is -2.54. The summed E-state index contributed by atoms with van der Waals surface area (Å²) < 4.78 is 11.5. The van der Waals surface area contributed by atoms with Crippen LogP contribution in [0.5, 0.6) is 11.5 Å². The van der Waals surface area contributed by atoms with E-state index < -0.39 is 6.10 Å². The zero-order valence-electron chi connectivity index (χ0n) is 17.4. The Bertz CT molecular complexity index is 967. The highest BCUT2D eigenvalue weighted by Gasteiger charge is 2.32. The van der Waals surface area contributed by atoms with Crippen LogP contribution in [0.15, 0.2) is 48.5 Å². The molecule has 1 N–H and O–H groups in total. The van der Waals surface area contributed by atoms with Gasteiger partial charge in [0.2, 0.25) is 12.0 Å². The van der Waals surface area contributed by atoms with Crippen LogP contribution in [-0.2, 0) is 9.59 Å². The topological polar surface area (TPSA) is 88.2 Å². The van der Waals surface area contributed by atoms with Crippen molar-refractivity contribution in [2.75, 3.05) is 44.6 Å². The molecule has 1 fully saturated rings. The molecule has 0 saturated carbocycles. The third kappa shape index (κ3) is 5.03. The fourth-order valence-corrected chi connectivity index (χ4v) is 3.66. The van der Waals surface area contributed by atoms with Crippen molar-refractivity contribution in [3.63, 3.8) is 0 Å². The minimum absolute atomic E-state index is 0.0142. The average molecular weight is 423 g/mol. The van der Waals surface area contributed by atoms with E-state index in [0.29, 0.717) is 48.9 Å². The van der Waals surface area contributed by atoms with Crippen LogP contribution < -0.4 is 14.8 Å². The first kappa shape index (κ1) is 20.9. The smallest absolute Gasteiger partial charge is 0.267 e. The first-order valence-electron chi connectivity index (χ1n) is 10.3. The Morgan fingerprint density at radius 2 is 1.65 bits per heavy atom. The van der Waals surface area contributed by atoms with Crippen LogP contribution in [-0.4, -0.2) is 72.8 Å². The third-order valence-electron chi connectivity index (χ3n) is 5.41. The summed E-state index contributed by atoms with van der Waals surface area (Å²) in [6.45, 7) is 4.21. The number of anilines is 1. The van der Waals surface area contributed by atoms with Crippen LogP contribution in [0.25, 0.3) is 0 Å². The van der Waals surface area contributed by atoms with E-state index in [9.17, 15) is 14.4 Å². The maximum Gasteiger partial charge on any atom is 0.267 e. The van der Waals surface area contributed by atoms with Crippen LogP contribution >= 0.6 is 0 Å². The lowest BCUT2D eigenvalue weighted by molar-refractivity contribution is -0.143. The Hall–Kier alpha value is -3.39. The summed E-state index contributed by atoms with van der Waals surface area (Å²) in [6.07, 6.45) is -0.650. The second-order valence-electron chi connectivity index (χ2n) is 7.65. The van der Waals surface area contributed by atoms with Crippen LogP contribution in [0, 0.1) is 0 Å². The summed E-state index contributed by atoms with van der Waals surface area (Å²) in [4.78, 5) is 40.3. The molecular formula is C23H25N3O5. The summed E-state index contributed by atoms with van der Waals surface area (Å²) in [6, 6.07) is 14.1. The molecule has 2 amide bonds. The number of piperazine rings is 1. The maximum atomic E-state index is 12.8. The van der Waals surface area contributed by atoms with Crippen LogP contribution in [0.1, 0.15) is 17.3 Å². The van der Waals surface area contributed by atoms with Crippen molar-refractivity contribution in [1.82, 2.24) is 9.80 Å². The third-order valence-corrected chi connectivity index (χ3v) is 5.41. The number of amides is 2. The number of hydrogen-bond acceptors (Lipinski definition) is 6. The predicted molar refractivity (Wildman–Crippen MR) is 114 cm³/mol. The van der Waals surface area contributed by atoms with Gasteiger partial charge in [0.05, 0.1) is 6.54 Å². The van der Waals surface area contributed by atoms with Gasteiger partial charge in [-0.3, -0.25) is 19.3 Å². The van der Waals surface area contributed by atoms with Gasteiger partial charge in [0, 0.05) is 37.4 Å². The first-order chi connectivity index (χ1) is 15.0. The lowest BCUT2D eigenvalue weighted by atomic mass is 10.1. The molecule has 2 aromatic rings. The molecule has 0 radical (unpaired) electrons. The summed E-state index contributed by atoms with van der Waals surface area (Å²) >= 11 is 0. The number of nitrogens with one attached hydrogen (secondary N) is 1. The fourth-order valence-electron chi connectivity index (χ4n) is 3.66. The molecule has 162 valence electrons. The van der Waals surface area contributed by atoms with Gasteiger partial charge in [-0.25, -0.2) is 0 Å². The number of carbonyl (C=O) groups is 3. The number of ether oxygens (including phenoxy) is 2. The summed E-state index contributed by atoms with van der Waals surface area (Å²) in [5, 5.41) is 2.84. The number of hydrogen-bond donors (Lipinski definition) is 1. The van der Waals surface area contributed by atoms with Crippen molar-refractivity contribution >= 4 is 23.3 Å². The second-order valence-corrected chi connectivity index (χ2v) is 7.65. The SMILES string of the molecule is CC(=O)c1ccc(NC(=O)CN2CCN(C(=O)[C@@H]3COc4ccccc4O3)CC2)cc1. The predicted octanol–water partition coefficient (Wildman–Crippen LogP) is 1.81. The normalized spacial score (nSPS) is 18.4. The molecule has 31 heavy (non-hydrogen) atoms. The molecule has 8 nitrogen and oxygen atoms in total. The van der Waals surface area contributed by atoms with E-state index in [0.717, 1.165) is 0 Å². The Morgan fingerprint density at radius 1 is 0.968 bits per heavy atom. The Kier molecular flexibility index (Phi) is 6.18. The number of ketones is 1. The quantitative estimate of drug-likeness (QED) is 0.738. The first-order valence-corrected chi connectivity index (χ1v) is 10.3. The van der Waals surface area contributed by atoms with Gasteiger partial charge in [0.25, 0.3) is 5.91 Å². The summed E-state index contributed by atoms with van der Waals surface area (Å²) in [7, 11) is 0. The molecule has 2 aromatic carbocycles. The highest BCUT2D eigenvalue weighted by molar-refractivity contribution is 5.96. The Balaban J connectivity index is 1.23. The minimum Gasteiger partial charge on any atom is -0.485 e. The van der Waals surface area contributed by atoms with E-state index >= 15 is 0 Å². The van der Waals surface area contributed by atoms with Gasteiger partial charge in [-0.05, 0) is 43.3 Å². The monoisotopic (exact) mass is 423 g/mol. The van der Waals surface area contributed by atoms with E-state index in [1.165, 1.54) is 6.92 Å².